The van der Waals surface area contributed by atoms with Gasteiger partial charge in [0.15, 0.2) is 5.82 Å². The van der Waals surface area contributed by atoms with E-state index >= 15 is 0 Å². The van der Waals surface area contributed by atoms with Crippen LogP contribution in [0.5, 0.6) is 0 Å². The van der Waals surface area contributed by atoms with Gasteiger partial charge in [0, 0.05) is 18.7 Å². The Balaban J connectivity index is 1.78. The molecule has 0 radical (unpaired) electrons. The third kappa shape index (κ3) is 3.90. The molecule has 0 atom stereocenters. The second-order valence-electron chi connectivity index (χ2n) is 6.26. The lowest BCUT2D eigenvalue weighted by Gasteiger charge is -2.07. The Morgan fingerprint density at radius 2 is 1.97 bits per heavy atom. The summed E-state index contributed by atoms with van der Waals surface area (Å²) in [7, 11) is 0. The first kappa shape index (κ1) is 19.2. The molecule has 0 saturated heterocycles. The number of carbonyl (C=O) groups excluding carboxylic acids is 1. The highest BCUT2D eigenvalue weighted by molar-refractivity contribution is 6.37. The van der Waals surface area contributed by atoms with Crippen LogP contribution >= 0.6 is 23.2 Å². The fraction of sp³-hybridized carbons (Fsp3) is 0.105. The Bertz CT molecular complexity index is 1220. The van der Waals surface area contributed by atoms with E-state index in [9.17, 15) is 9.18 Å². The van der Waals surface area contributed by atoms with E-state index in [4.69, 9.17) is 23.2 Å². The molecule has 4 aromatic rings. The predicted molar refractivity (Wildman–Crippen MR) is 109 cm³/mol. The SMILES string of the molecule is CC(=O)Cc1cc(Nc2ncc(F)c3nn(-c4c(Cl)cccc4Cl)cc23)ncn1. The van der Waals surface area contributed by atoms with Crippen LogP contribution in [0.3, 0.4) is 0 Å². The number of Topliss-reactive ketones (excluding diaryl/α,β-unsaturated/α-hetero) is 1. The van der Waals surface area contributed by atoms with Gasteiger partial charge >= 0.3 is 0 Å². The first-order chi connectivity index (χ1) is 13.9. The topological polar surface area (TPSA) is 85.6 Å². The summed E-state index contributed by atoms with van der Waals surface area (Å²) in [5.41, 5.74) is 1.09. The van der Waals surface area contributed by atoms with Crippen LogP contribution < -0.4 is 5.32 Å². The van der Waals surface area contributed by atoms with Crippen molar-refractivity contribution in [2.75, 3.05) is 5.32 Å². The smallest absolute Gasteiger partial charge is 0.169 e. The molecule has 0 aliphatic heterocycles. The highest BCUT2D eigenvalue weighted by Crippen LogP contribution is 2.31. The lowest BCUT2D eigenvalue weighted by atomic mass is 10.2. The Morgan fingerprint density at radius 1 is 1.21 bits per heavy atom. The molecular weight excluding hydrogens is 418 g/mol. The van der Waals surface area contributed by atoms with E-state index in [1.165, 1.54) is 17.9 Å². The number of hydrogen-bond donors (Lipinski definition) is 1. The van der Waals surface area contributed by atoms with Gasteiger partial charge in [0.25, 0.3) is 0 Å². The molecule has 0 bridgehead atoms. The van der Waals surface area contributed by atoms with Gasteiger partial charge < -0.3 is 5.32 Å². The van der Waals surface area contributed by atoms with Crippen LogP contribution in [-0.2, 0) is 11.2 Å². The van der Waals surface area contributed by atoms with Gasteiger partial charge in [-0.25, -0.2) is 24.0 Å². The summed E-state index contributed by atoms with van der Waals surface area (Å²) in [5, 5.41) is 8.46. The molecule has 0 aliphatic rings. The van der Waals surface area contributed by atoms with Crippen molar-refractivity contribution in [1.29, 1.82) is 0 Å². The summed E-state index contributed by atoms with van der Waals surface area (Å²) < 4.78 is 15.8. The van der Waals surface area contributed by atoms with E-state index < -0.39 is 5.82 Å². The average Bonchev–Trinajstić information content (AvgIpc) is 3.10. The van der Waals surface area contributed by atoms with Crippen LogP contribution in [0.2, 0.25) is 10.0 Å². The van der Waals surface area contributed by atoms with Gasteiger partial charge in [0.2, 0.25) is 0 Å². The Hall–Kier alpha value is -3.10. The number of aromatic nitrogens is 5. The van der Waals surface area contributed by atoms with Crippen molar-refractivity contribution in [3.05, 3.63) is 64.5 Å². The lowest BCUT2D eigenvalue weighted by Crippen LogP contribution is -2.03. The van der Waals surface area contributed by atoms with Crippen molar-refractivity contribution >= 4 is 51.5 Å². The molecule has 1 N–H and O–H groups in total. The van der Waals surface area contributed by atoms with Gasteiger partial charge in [-0.2, -0.15) is 5.10 Å². The molecule has 0 fully saturated rings. The highest BCUT2D eigenvalue weighted by atomic mass is 35.5. The van der Waals surface area contributed by atoms with Crippen molar-refractivity contribution in [2.45, 2.75) is 13.3 Å². The minimum atomic E-state index is -0.590. The number of nitrogens with one attached hydrogen (secondary N) is 1. The normalized spacial score (nSPS) is 11.0. The summed E-state index contributed by atoms with van der Waals surface area (Å²) >= 11 is 12.5. The van der Waals surface area contributed by atoms with Gasteiger partial charge in [-0.15, -0.1) is 0 Å². The van der Waals surface area contributed by atoms with Crippen molar-refractivity contribution in [2.24, 2.45) is 0 Å². The van der Waals surface area contributed by atoms with Crippen LogP contribution in [-0.4, -0.2) is 30.5 Å². The number of rotatable bonds is 5. The molecule has 1 aromatic carbocycles. The highest BCUT2D eigenvalue weighted by Gasteiger charge is 2.16. The number of para-hydroxylation sites is 1. The number of halogens is 3. The maximum absolute atomic E-state index is 14.3. The number of benzene rings is 1. The molecule has 0 unspecified atom stereocenters. The Labute approximate surface area is 174 Å². The number of hydrogen-bond acceptors (Lipinski definition) is 6. The van der Waals surface area contributed by atoms with Gasteiger partial charge in [-0.3, -0.25) is 4.79 Å². The zero-order valence-electron chi connectivity index (χ0n) is 15.0. The first-order valence-electron chi connectivity index (χ1n) is 8.48. The zero-order valence-corrected chi connectivity index (χ0v) is 16.5. The molecule has 10 heteroatoms. The second kappa shape index (κ2) is 7.73. The van der Waals surface area contributed by atoms with Gasteiger partial charge in [0.1, 0.15) is 35.0 Å². The predicted octanol–water partition coefficient (Wildman–Crippen LogP) is 4.53. The Kier molecular flexibility index (Phi) is 5.12. The maximum Gasteiger partial charge on any atom is 0.169 e. The van der Waals surface area contributed by atoms with Gasteiger partial charge in [-0.1, -0.05) is 29.3 Å². The first-order valence-corrected chi connectivity index (χ1v) is 9.23. The molecule has 0 amide bonds. The third-order valence-corrected chi connectivity index (χ3v) is 4.68. The van der Waals surface area contributed by atoms with E-state index in [-0.39, 0.29) is 17.7 Å². The van der Waals surface area contributed by atoms with Gasteiger partial charge in [-0.05, 0) is 19.1 Å². The number of fused-ring (bicyclic) bond motifs is 1. The molecule has 7 nitrogen and oxygen atoms in total. The summed E-state index contributed by atoms with van der Waals surface area (Å²) in [6.45, 7) is 1.48. The Morgan fingerprint density at radius 3 is 2.69 bits per heavy atom. The van der Waals surface area contributed by atoms with Gasteiger partial charge in [0.05, 0.1) is 27.3 Å². The summed E-state index contributed by atoms with van der Waals surface area (Å²) in [5.74, 6) is 0.144. The van der Waals surface area contributed by atoms with Crippen LogP contribution in [0.1, 0.15) is 12.6 Å². The van der Waals surface area contributed by atoms with Crippen LogP contribution in [0.15, 0.2) is 43.0 Å². The summed E-state index contributed by atoms with van der Waals surface area (Å²) in [4.78, 5) is 23.6. The molecule has 0 saturated carbocycles. The van der Waals surface area contributed by atoms with Crippen molar-refractivity contribution in [3.63, 3.8) is 0 Å². The van der Waals surface area contributed by atoms with E-state index in [0.29, 0.717) is 38.4 Å². The van der Waals surface area contributed by atoms with Crippen molar-refractivity contribution in [3.8, 4) is 5.69 Å². The van der Waals surface area contributed by atoms with Crippen molar-refractivity contribution < 1.29 is 9.18 Å². The van der Waals surface area contributed by atoms with Crippen LogP contribution in [0.25, 0.3) is 16.6 Å². The molecule has 146 valence electrons. The summed E-state index contributed by atoms with van der Waals surface area (Å²) in [6, 6.07) is 6.68. The number of anilines is 2. The van der Waals surface area contributed by atoms with E-state index in [0.717, 1.165) is 6.20 Å². The van der Waals surface area contributed by atoms with E-state index in [1.54, 1.807) is 30.5 Å². The zero-order chi connectivity index (χ0) is 20.5. The fourth-order valence-electron chi connectivity index (χ4n) is 2.84. The van der Waals surface area contributed by atoms with E-state index in [1.807, 2.05) is 0 Å². The monoisotopic (exact) mass is 430 g/mol. The largest absolute Gasteiger partial charge is 0.324 e. The summed E-state index contributed by atoms with van der Waals surface area (Å²) in [6.07, 6.45) is 4.17. The molecule has 0 aliphatic carbocycles. The quantitative estimate of drug-likeness (QED) is 0.500. The number of ketones is 1. The second-order valence-corrected chi connectivity index (χ2v) is 7.07. The fourth-order valence-corrected chi connectivity index (χ4v) is 3.41. The average molecular weight is 431 g/mol. The molecule has 3 aromatic heterocycles. The molecule has 4 rings (SSSR count). The minimum absolute atomic E-state index is 0.0187. The molecule has 3 heterocycles. The molecule has 0 spiro atoms. The number of pyridine rings is 1. The van der Waals surface area contributed by atoms with Crippen LogP contribution in [0.4, 0.5) is 16.0 Å². The number of carbonyl (C=O) groups is 1. The number of nitrogens with zero attached hydrogens (tertiary/aromatic N) is 5. The standard InChI is InChI=1S/C19H13Cl2FN6O/c1-10(29)5-11-6-16(25-9-24-11)26-19-12-8-28(27-17(12)15(22)7-23-19)18-13(20)3-2-4-14(18)21/h2-4,6-9H,5H2,1H3,(H,23,24,25,26). The van der Waals surface area contributed by atoms with Crippen LogP contribution in [0, 0.1) is 5.82 Å². The van der Waals surface area contributed by atoms with E-state index in [2.05, 4.69) is 25.4 Å². The maximum atomic E-state index is 14.3. The molecular formula is C19H13Cl2FN6O. The minimum Gasteiger partial charge on any atom is -0.324 e. The molecule has 29 heavy (non-hydrogen) atoms. The third-order valence-electron chi connectivity index (χ3n) is 4.07. The van der Waals surface area contributed by atoms with Crippen molar-refractivity contribution in [1.82, 2.24) is 24.7 Å². The lowest BCUT2D eigenvalue weighted by molar-refractivity contribution is -0.116.